The maximum atomic E-state index is 11.5. The van der Waals surface area contributed by atoms with Gasteiger partial charge in [0.15, 0.2) is 5.82 Å². The van der Waals surface area contributed by atoms with E-state index in [1.165, 1.54) is 0 Å². The van der Waals surface area contributed by atoms with Gasteiger partial charge in [-0.3, -0.25) is 9.69 Å². The third kappa shape index (κ3) is 1.80. The van der Waals surface area contributed by atoms with Crippen LogP contribution in [0.4, 0.5) is 0 Å². The Hall–Kier alpha value is -1.43. The van der Waals surface area contributed by atoms with Crippen LogP contribution in [0, 0.1) is 6.92 Å². The third-order valence-electron chi connectivity index (χ3n) is 4.19. The Morgan fingerprint density at radius 1 is 1.44 bits per heavy atom. The van der Waals surface area contributed by atoms with Crippen molar-refractivity contribution >= 4 is 5.91 Å². The molecule has 98 valence electrons. The molecule has 0 aromatic carbocycles. The zero-order chi connectivity index (χ0) is 12.8. The first-order valence-electron chi connectivity index (χ1n) is 6.41. The molecule has 0 atom stereocenters. The Bertz CT molecular complexity index is 462. The van der Waals surface area contributed by atoms with Gasteiger partial charge in [0.25, 0.3) is 0 Å². The van der Waals surface area contributed by atoms with E-state index in [0.717, 1.165) is 31.6 Å². The van der Waals surface area contributed by atoms with Crippen molar-refractivity contribution in [2.75, 3.05) is 13.6 Å². The van der Waals surface area contributed by atoms with Crippen molar-refractivity contribution in [1.29, 1.82) is 0 Å². The van der Waals surface area contributed by atoms with Crippen molar-refractivity contribution in [2.24, 2.45) is 0 Å². The number of hydrogen-bond acceptors (Lipinski definition) is 5. The van der Waals surface area contributed by atoms with Gasteiger partial charge in [-0.15, -0.1) is 0 Å². The van der Waals surface area contributed by atoms with Gasteiger partial charge in [-0.05, 0) is 39.7 Å². The highest BCUT2D eigenvalue weighted by Gasteiger charge is 2.45. The molecular weight excluding hydrogens is 232 g/mol. The fraction of sp³-hybridized carbons (Fsp3) is 0.750. The topological polar surface area (TPSA) is 71.3 Å². The van der Waals surface area contributed by atoms with Gasteiger partial charge in [0.05, 0.1) is 12.2 Å². The molecule has 1 saturated carbocycles. The maximum absolute atomic E-state index is 11.5. The largest absolute Gasteiger partial charge is 0.339 e. The second-order valence-corrected chi connectivity index (χ2v) is 5.39. The third-order valence-corrected chi connectivity index (χ3v) is 4.19. The number of likely N-dealkylation sites (N-methyl/N-ethyl adjacent to an activating group) is 1. The van der Waals surface area contributed by atoms with Gasteiger partial charge < -0.3 is 9.84 Å². The van der Waals surface area contributed by atoms with Crippen LogP contribution in [0.5, 0.6) is 0 Å². The van der Waals surface area contributed by atoms with Gasteiger partial charge in [-0.1, -0.05) is 5.16 Å². The predicted octanol–water partition coefficient (Wildman–Crippen LogP) is 0.794. The molecule has 18 heavy (non-hydrogen) atoms. The van der Waals surface area contributed by atoms with E-state index in [0.29, 0.717) is 18.3 Å². The fourth-order valence-corrected chi connectivity index (χ4v) is 3.09. The lowest BCUT2D eigenvalue weighted by molar-refractivity contribution is -0.119. The van der Waals surface area contributed by atoms with Crippen molar-refractivity contribution in [3.63, 3.8) is 0 Å². The first-order valence-corrected chi connectivity index (χ1v) is 6.41. The summed E-state index contributed by atoms with van der Waals surface area (Å²) in [5, 5.41) is 6.96. The summed E-state index contributed by atoms with van der Waals surface area (Å²) in [6, 6.07) is 0. The summed E-state index contributed by atoms with van der Waals surface area (Å²) in [6.07, 6.45) is 3.85. The molecule has 1 N–H and O–H groups in total. The SMILES string of the molecule is Cc1noc(C2CCC3(CC2)NC(=O)CN3C)n1. The van der Waals surface area contributed by atoms with Crippen molar-refractivity contribution in [2.45, 2.75) is 44.2 Å². The van der Waals surface area contributed by atoms with Crippen LogP contribution >= 0.6 is 0 Å². The lowest BCUT2D eigenvalue weighted by atomic mass is 9.81. The van der Waals surface area contributed by atoms with Gasteiger partial charge in [0.2, 0.25) is 11.8 Å². The highest BCUT2D eigenvalue weighted by molar-refractivity contribution is 5.81. The molecule has 6 nitrogen and oxygen atoms in total. The number of aryl methyl sites for hydroxylation is 1. The summed E-state index contributed by atoms with van der Waals surface area (Å²) in [7, 11) is 2.01. The molecular formula is C12H18N4O2. The van der Waals surface area contributed by atoms with Gasteiger partial charge in [-0.2, -0.15) is 4.98 Å². The predicted molar refractivity (Wildman–Crippen MR) is 63.7 cm³/mol. The summed E-state index contributed by atoms with van der Waals surface area (Å²) >= 11 is 0. The van der Waals surface area contributed by atoms with Crippen molar-refractivity contribution in [1.82, 2.24) is 20.4 Å². The second-order valence-electron chi connectivity index (χ2n) is 5.39. The molecule has 1 aromatic heterocycles. The van der Waals surface area contributed by atoms with Gasteiger partial charge in [0, 0.05) is 5.92 Å². The number of carbonyl (C=O) groups excluding carboxylic acids is 1. The van der Waals surface area contributed by atoms with Crippen molar-refractivity contribution in [3.05, 3.63) is 11.7 Å². The van der Waals surface area contributed by atoms with Crippen molar-refractivity contribution in [3.8, 4) is 0 Å². The molecule has 1 saturated heterocycles. The molecule has 1 amide bonds. The molecule has 2 aliphatic rings. The molecule has 3 rings (SSSR count). The molecule has 6 heteroatoms. The zero-order valence-electron chi connectivity index (χ0n) is 10.8. The van der Waals surface area contributed by atoms with E-state index in [2.05, 4.69) is 20.4 Å². The lowest BCUT2D eigenvalue weighted by Gasteiger charge is -2.40. The van der Waals surface area contributed by atoms with E-state index in [-0.39, 0.29) is 11.6 Å². The number of nitrogens with zero attached hydrogens (tertiary/aromatic N) is 3. The summed E-state index contributed by atoms with van der Waals surface area (Å²) in [4.78, 5) is 17.9. The molecule has 0 unspecified atom stereocenters. The Labute approximate surface area is 106 Å². The lowest BCUT2D eigenvalue weighted by Crippen LogP contribution is -2.52. The van der Waals surface area contributed by atoms with Crippen LogP contribution in [0.1, 0.15) is 43.3 Å². The van der Waals surface area contributed by atoms with E-state index in [4.69, 9.17) is 4.52 Å². The number of carbonyl (C=O) groups is 1. The smallest absolute Gasteiger partial charge is 0.235 e. The Morgan fingerprint density at radius 2 is 2.17 bits per heavy atom. The minimum atomic E-state index is -0.136. The molecule has 0 bridgehead atoms. The Balaban J connectivity index is 1.70. The Kier molecular flexibility index (Phi) is 2.62. The quantitative estimate of drug-likeness (QED) is 0.798. The molecule has 1 aliphatic carbocycles. The molecule has 0 radical (unpaired) electrons. The van der Waals surface area contributed by atoms with Gasteiger partial charge in [0.1, 0.15) is 0 Å². The molecule has 1 aromatic rings. The number of aromatic nitrogens is 2. The average Bonchev–Trinajstić information content (AvgIpc) is 2.86. The van der Waals surface area contributed by atoms with Crippen LogP contribution in [0.15, 0.2) is 4.52 Å². The molecule has 2 heterocycles. The van der Waals surface area contributed by atoms with E-state index >= 15 is 0 Å². The summed E-state index contributed by atoms with van der Waals surface area (Å²) in [6.45, 7) is 2.34. The van der Waals surface area contributed by atoms with Crippen LogP contribution in [-0.2, 0) is 4.79 Å². The number of hydrogen-bond donors (Lipinski definition) is 1. The first-order chi connectivity index (χ1) is 8.59. The fourth-order valence-electron chi connectivity index (χ4n) is 3.09. The Morgan fingerprint density at radius 3 is 2.67 bits per heavy atom. The van der Waals surface area contributed by atoms with Crippen LogP contribution in [-0.4, -0.2) is 40.2 Å². The number of amides is 1. The normalized spacial score (nSPS) is 33.0. The highest BCUT2D eigenvalue weighted by Crippen LogP contribution is 2.40. The molecule has 2 fully saturated rings. The van der Waals surface area contributed by atoms with E-state index < -0.39 is 0 Å². The van der Waals surface area contributed by atoms with Crippen LogP contribution in [0.2, 0.25) is 0 Å². The average molecular weight is 250 g/mol. The zero-order valence-corrected chi connectivity index (χ0v) is 10.8. The summed E-state index contributed by atoms with van der Waals surface area (Å²) < 4.78 is 5.24. The monoisotopic (exact) mass is 250 g/mol. The molecule has 1 spiro atoms. The minimum Gasteiger partial charge on any atom is -0.339 e. The minimum absolute atomic E-state index is 0.129. The number of rotatable bonds is 1. The summed E-state index contributed by atoms with van der Waals surface area (Å²) in [5.74, 6) is 1.90. The van der Waals surface area contributed by atoms with E-state index in [1.807, 2.05) is 14.0 Å². The molecule has 1 aliphatic heterocycles. The van der Waals surface area contributed by atoms with Crippen LogP contribution in [0.3, 0.4) is 0 Å². The standard InChI is InChI=1S/C12H18N4O2/c1-8-13-11(18-15-8)9-3-5-12(6-4-9)14-10(17)7-16(12)2/h9H,3-7H2,1-2H3,(H,14,17). The highest BCUT2D eigenvalue weighted by atomic mass is 16.5. The van der Waals surface area contributed by atoms with Crippen molar-refractivity contribution < 1.29 is 9.32 Å². The van der Waals surface area contributed by atoms with Gasteiger partial charge in [-0.25, -0.2) is 0 Å². The second kappa shape index (κ2) is 4.05. The first kappa shape index (κ1) is 11.6. The maximum Gasteiger partial charge on any atom is 0.235 e. The van der Waals surface area contributed by atoms with Gasteiger partial charge >= 0.3 is 0 Å². The van der Waals surface area contributed by atoms with E-state index in [9.17, 15) is 4.79 Å². The number of nitrogens with one attached hydrogen (secondary N) is 1. The van der Waals surface area contributed by atoms with Crippen LogP contribution < -0.4 is 5.32 Å². The summed E-state index contributed by atoms with van der Waals surface area (Å²) in [5.41, 5.74) is -0.136. The van der Waals surface area contributed by atoms with E-state index in [1.54, 1.807) is 0 Å². The van der Waals surface area contributed by atoms with Crippen LogP contribution in [0.25, 0.3) is 0 Å².